The van der Waals surface area contributed by atoms with Gasteiger partial charge < -0.3 is 25.2 Å². The van der Waals surface area contributed by atoms with Crippen molar-refractivity contribution in [2.45, 2.75) is 12.5 Å². The molecule has 1 saturated heterocycles. The minimum Gasteiger partial charge on any atom is -0.494 e. The molecule has 206 valence electrons. The lowest BCUT2D eigenvalue weighted by atomic mass is 10.2. The van der Waals surface area contributed by atoms with E-state index in [2.05, 4.69) is 51.2 Å². The molecule has 0 bridgehead atoms. The van der Waals surface area contributed by atoms with Gasteiger partial charge in [0.05, 0.1) is 52.8 Å². The van der Waals surface area contributed by atoms with Gasteiger partial charge in [-0.1, -0.05) is 36.4 Å². The lowest BCUT2D eigenvalue weighted by molar-refractivity contribution is -0.111. The van der Waals surface area contributed by atoms with Gasteiger partial charge in [-0.25, -0.2) is 14.5 Å². The fraction of sp³-hybridized carbons (Fsp3) is 0.241. The van der Waals surface area contributed by atoms with Crippen LogP contribution in [0.15, 0.2) is 73.7 Å². The number of ether oxygens (including phenoxy) is 1. The maximum Gasteiger partial charge on any atom is 0.248 e. The normalized spacial score (nSPS) is 15.2. The molecule has 1 amide bonds. The Morgan fingerprint density at radius 2 is 2.10 bits per heavy atom. The monoisotopic (exact) mass is 558 g/mol. The number of carbonyl (C=O) groups excluding carboxylic acids is 1. The van der Waals surface area contributed by atoms with Gasteiger partial charge in [-0.05, 0) is 38.7 Å². The van der Waals surface area contributed by atoms with Crippen LogP contribution in [0, 0.1) is 0 Å². The minimum absolute atomic E-state index is 0.265. The van der Waals surface area contributed by atoms with Crippen molar-refractivity contribution in [3.8, 4) is 17.0 Å². The summed E-state index contributed by atoms with van der Waals surface area (Å²) in [5, 5.41) is 11.1. The van der Waals surface area contributed by atoms with Crippen molar-refractivity contribution in [3.63, 3.8) is 0 Å². The van der Waals surface area contributed by atoms with Crippen LogP contribution in [0.1, 0.15) is 6.42 Å². The highest BCUT2D eigenvalue weighted by Crippen LogP contribution is 2.40. The molecular formula is C29H31ClN8O2. The molecule has 0 spiro atoms. The summed E-state index contributed by atoms with van der Waals surface area (Å²) in [6.45, 7) is 5.33. The van der Waals surface area contributed by atoms with Gasteiger partial charge in [0, 0.05) is 43.0 Å². The molecule has 10 nitrogen and oxygen atoms in total. The van der Waals surface area contributed by atoms with E-state index in [9.17, 15) is 4.79 Å². The molecule has 0 unspecified atom stereocenters. The number of hydrogen-bond donors (Lipinski definition) is 2. The molecule has 3 aromatic heterocycles. The van der Waals surface area contributed by atoms with Crippen LogP contribution in [-0.4, -0.2) is 70.7 Å². The summed E-state index contributed by atoms with van der Waals surface area (Å²) in [5.41, 5.74) is 4.30. The van der Waals surface area contributed by atoms with Crippen molar-refractivity contribution in [3.05, 3.63) is 78.8 Å². The Balaban J connectivity index is 1.52. The van der Waals surface area contributed by atoms with E-state index in [1.54, 1.807) is 36.2 Å². The first-order valence-corrected chi connectivity index (χ1v) is 13.2. The second kappa shape index (κ2) is 11.8. The zero-order valence-electron chi connectivity index (χ0n) is 22.6. The molecule has 40 heavy (non-hydrogen) atoms. The molecule has 1 aromatic carbocycles. The van der Waals surface area contributed by atoms with Crippen molar-refractivity contribution < 1.29 is 9.53 Å². The molecule has 1 fully saturated rings. The molecule has 5 rings (SSSR count). The van der Waals surface area contributed by atoms with Crippen LogP contribution in [0.3, 0.4) is 0 Å². The highest BCUT2D eigenvalue weighted by atomic mass is 35.5. The fourth-order valence-electron chi connectivity index (χ4n) is 4.76. The van der Waals surface area contributed by atoms with Crippen LogP contribution in [0.4, 0.5) is 23.0 Å². The van der Waals surface area contributed by atoms with Gasteiger partial charge in [-0.2, -0.15) is 5.10 Å². The number of methoxy groups -OCH3 is 1. The predicted octanol–water partition coefficient (Wildman–Crippen LogP) is 5.02. The van der Waals surface area contributed by atoms with E-state index in [-0.39, 0.29) is 5.91 Å². The molecule has 0 aliphatic carbocycles. The van der Waals surface area contributed by atoms with Gasteiger partial charge in [0.1, 0.15) is 5.75 Å². The number of amides is 1. The van der Waals surface area contributed by atoms with Gasteiger partial charge >= 0.3 is 0 Å². The lowest BCUT2D eigenvalue weighted by Gasteiger charge is -2.25. The third-order valence-electron chi connectivity index (χ3n) is 6.87. The Morgan fingerprint density at radius 3 is 2.85 bits per heavy atom. The van der Waals surface area contributed by atoms with Crippen LogP contribution in [0.25, 0.3) is 16.8 Å². The molecule has 4 aromatic rings. The van der Waals surface area contributed by atoms with E-state index in [0.29, 0.717) is 39.8 Å². The molecule has 2 N–H and O–H groups in total. The Morgan fingerprint density at radius 1 is 1.25 bits per heavy atom. The number of rotatable bonds is 9. The third kappa shape index (κ3) is 5.63. The molecule has 1 aliphatic rings. The van der Waals surface area contributed by atoms with Crippen LogP contribution in [0.2, 0.25) is 5.02 Å². The van der Waals surface area contributed by atoms with Gasteiger partial charge in [0.25, 0.3) is 0 Å². The van der Waals surface area contributed by atoms with Crippen LogP contribution in [-0.2, 0) is 4.79 Å². The summed E-state index contributed by atoms with van der Waals surface area (Å²) in [4.78, 5) is 26.3. The van der Waals surface area contributed by atoms with Crippen molar-refractivity contribution >= 4 is 46.0 Å². The van der Waals surface area contributed by atoms with Crippen molar-refractivity contribution in [2.75, 3.05) is 49.8 Å². The highest BCUT2D eigenvalue weighted by Gasteiger charge is 2.27. The largest absolute Gasteiger partial charge is 0.494 e. The number of aromatic nitrogens is 4. The van der Waals surface area contributed by atoms with Gasteiger partial charge in [0.2, 0.25) is 11.9 Å². The third-order valence-corrected chi connectivity index (χ3v) is 7.14. The first kappa shape index (κ1) is 27.2. The van der Waals surface area contributed by atoms with E-state index in [0.717, 1.165) is 36.3 Å². The topological polar surface area (TPSA) is 99.9 Å². The number of anilines is 4. The fourth-order valence-corrected chi connectivity index (χ4v) is 4.96. The van der Waals surface area contributed by atoms with Gasteiger partial charge in [0.15, 0.2) is 0 Å². The standard InChI is InChI=1S/C29H31ClN8O2/c1-5-6-10-27(39)33-22-14-23(26(40-4)15-25(22)37-13-11-19(18-37)36(2)3)34-29-31-17-21(30)28(35-29)20-16-32-38-12-8-7-9-24(20)38/h5-10,12,14-17,19H,1,11,13,18H2,2-4H3,(H,33,39)(H,31,34,35)/b10-6+/t19-/m1/s1. The van der Waals surface area contributed by atoms with Crippen LogP contribution < -0.4 is 20.3 Å². The Bertz CT molecular complexity index is 1580. The second-order valence-corrected chi connectivity index (χ2v) is 10.0. The summed E-state index contributed by atoms with van der Waals surface area (Å²) < 4.78 is 7.53. The number of nitrogens with one attached hydrogen (secondary N) is 2. The number of hydrogen-bond acceptors (Lipinski definition) is 8. The quantitative estimate of drug-likeness (QED) is 0.218. The maximum absolute atomic E-state index is 12.7. The Hall–Kier alpha value is -4.41. The number of fused-ring (bicyclic) bond motifs is 1. The zero-order chi connectivity index (χ0) is 28.2. The average molecular weight is 559 g/mol. The van der Waals surface area contributed by atoms with Crippen LogP contribution >= 0.6 is 11.6 Å². The molecule has 0 radical (unpaired) electrons. The first-order chi connectivity index (χ1) is 19.4. The zero-order valence-corrected chi connectivity index (χ0v) is 23.4. The Kier molecular flexibility index (Phi) is 7.99. The SMILES string of the molecule is C=C/C=C/C(=O)Nc1cc(Nc2ncc(Cl)c(-c3cnn4ccccc34)n2)c(OC)cc1N1CC[C@@H](N(C)C)C1. The summed E-state index contributed by atoms with van der Waals surface area (Å²) in [5.74, 6) is 0.635. The molecule has 11 heteroatoms. The van der Waals surface area contributed by atoms with E-state index in [4.69, 9.17) is 21.3 Å². The predicted molar refractivity (Wildman–Crippen MR) is 160 cm³/mol. The average Bonchev–Trinajstić information content (AvgIpc) is 3.61. The lowest BCUT2D eigenvalue weighted by Crippen LogP contribution is -2.31. The number of allylic oxidation sites excluding steroid dienone is 2. The molecule has 4 heterocycles. The van der Waals surface area contributed by atoms with Crippen molar-refractivity contribution in [1.82, 2.24) is 24.5 Å². The molecule has 1 atom stereocenters. The minimum atomic E-state index is -0.265. The second-order valence-electron chi connectivity index (χ2n) is 9.61. The highest BCUT2D eigenvalue weighted by molar-refractivity contribution is 6.33. The van der Waals surface area contributed by atoms with Crippen molar-refractivity contribution in [1.29, 1.82) is 0 Å². The smallest absolute Gasteiger partial charge is 0.248 e. The number of carbonyl (C=O) groups is 1. The number of benzene rings is 1. The summed E-state index contributed by atoms with van der Waals surface area (Å²) in [6.07, 6.45) is 10.7. The number of likely N-dealkylation sites (N-methyl/N-ethyl adjacent to an activating group) is 1. The van der Waals surface area contributed by atoms with Gasteiger partial charge in [-0.3, -0.25) is 4.79 Å². The molecule has 0 saturated carbocycles. The van der Waals surface area contributed by atoms with E-state index in [1.807, 2.05) is 36.5 Å². The summed E-state index contributed by atoms with van der Waals surface area (Å²) >= 11 is 6.52. The first-order valence-electron chi connectivity index (χ1n) is 12.8. The maximum atomic E-state index is 12.7. The number of pyridine rings is 1. The summed E-state index contributed by atoms with van der Waals surface area (Å²) in [6, 6.07) is 9.96. The van der Waals surface area contributed by atoms with Crippen LogP contribution in [0.5, 0.6) is 5.75 Å². The number of nitrogens with zero attached hydrogens (tertiary/aromatic N) is 6. The summed E-state index contributed by atoms with van der Waals surface area (Å²) in [7, 11) is 5.77. The molecule has 1 aliphatic heterocycles. The van der Waals surface area contributed by atoms with E-state index >= 15 is 0 Å². The van der Waals surface area contributed by atoms with Gasteiger partial charge in [-0.15, -0.1) is 0 Å². The van der Waals surface area contributed by atoms with E-state index < -0.39 is 0 Å². The van der Waals surface area contributed by atoms with E-state index in [1.165, 1.54) is 6.08 Å². The Labute approximate surface area is 237 Å². The molecular weight excluding hydrogens is 528 g/mol. The van der Waals surface area contributed by atoms with Crippen molar-refractivity contribution in [2.24, 2.45) is 0 Å². The number of halogens is 1.